The van der Waals surface area contributed by atoms with Crippen molar-refractivity contribution in [3.05, 3.63) is 0 Å². The monoisotopic (exact) mass is 282 g/mol. The molecule has 1 aliphatic carbocycles. The maximum absolute atomic E-state index is 5.36. The number of aliphatic imine (C=N–C) groups is 1. The van der Waals surface area contributed by atoms with Crippen molar-refractivity contribution in [2.75, 3.05) is 45.9 Å². The average Bonchev–Trinajstić information content (AvgIpc) is 3.15. The summed E-state index contributed by atoms with van der Waals surface area (Å²) in [5, 5.41) is 6.82. The highest BCUT2D eigenvalue weighted by molar-refractivity contribution is 5.80. The van der Waals surface area contributed by atoms with Gasteiger partial charge in [0.05, 0.1) is 13.2 Å². The minimum Gasteiger partial charge on any atom is -0.379 e. The highest BCUT2D eigenvalue weighted by Gasteiger charge is 2.33. The third kappa shape index (κ3) is 5.67. The van der Waals surface area contributed by atoms with Crippen molar-refractivity contribution in [1.29, 1.82) is 0 Å². The summed E-state index contributed by atoms with van der Waals surface area (Å²) >= 11 is 0. The molecular formula is C15H30N4O. The molecule has 1 aliphatic heterocycles. The lowest BCUT2D eigenvalue weighted by Crippen LogP contribution is -2.39. The molecule has 2 atom stereocenters. The van der Waals surface area contributed by atoms with E-state index in [2.05, 4.69) is 34.4 Å². The van der Waals surface area contributed by atoms with Gasteiger partial charge in [0, 0.05) is 32.2 Å². The van der Waals surface area contributed by atoms with Gasteiger partial charge in [-0.3, -0.25) is 9.89 Å². The van der Waals surface area contributed by atoms with Gasteiger partial charge < -0.3 is 15.4 Å². The third-order valence-corrected chi connectivity index (χ3v) is 4.03. The average molecular weight is 282 g/mol. The molecule has 0 aromatic carbocycles. The van der Waals surface area contributed by atoms with Crippen molar-refractivity contribution in [3.8, 4) is 0 Å². The zero-order valence-electron chi connectivity index (χ0n) is 13.0. The second-order valence-corrected chi connectivity index (χ2v) is 5.89. The Labute approximate surface area is 123 Å². The summed E-state index contributed by atoms with van der Waals surface area (Å²) in [7, 11) is 0. The first-order valence-electron chi connectivity index (χ1n) is 8.14. The van der Waals surface area contributed by atoms with Crippen molar-refractivity contribution < 1.29 is 4.74 Å². The zero-order chi connectivity index (χ0) is 14.2. The SMILES string of the molecule is CCNC(=NCCCCN1CCOCC1)NC1CC1C. The highest BCUT2D eigenvalue weighted by Crippen LogP contribution is 2.28. The van der Waals surface area contributed by atoms with Crippen LogP contribution in [0.5, 0.6) is 0 Å². The molecule has 2 aliphatic rings. The molecule has 5 nitrogen and oxygen atoms in total. The fraction of sp³-hybridized carbons (Fsp3) is 0.933. The van der Waals surface area contributed by atoms with E-state index in [1.807, 2.05) is 0 Å². The minimum atomic E-state index is 0.640. The Morgan fingerprint density at radius 3 is 2.70 bits per heavy atom. The van der Waals surface area contributed by atoms with Gasteiger partial charge in [0.2, 0.25) is 0 Å². The van der Waals surface area contributed by atoms with Crippen LogP contribution in [0, 0.1) is 5.92 Å². The second kappa shape index (κ2) is 8.47. The van der Waals surface area contributed by atoms with Crippen LogP contribution < -0.4 is 10.6 Å². The lowest BCUT2D eigenvalue weighted by Gasteiger charge is -2.26. The fourth-order valence-electron chi connectivity index (χ4n) is 2.48. The lowest BCUT2D eigenvalue weighted by molar-refractivity contribution is 0.0373. The molecule has 0 spiro atoms. The van der Waals surface area contributed by atoms with Crippen molar-refractivity contribution in [1.82, 2.24) is 15.5 Å². The highest BCUT2D eigenvalue weighted by atomic mass is 16.5. The molecule has 0 aromatic rings. The molecule has 0 aromatic heterocycles. The third-order valence-electron chi connectivity index (χ3n) is 4.03. The van der Waals surface area contributed by atoms with Crippen LogP contribution in [0.2, 0.25) is 0 Å². The van der Waals surface area contributed by atoms with E-state index in [1.54, 1.807) is 0 Å². The number of guanidine groups is 1. The normalized spacial score (nSPS) is 27.4. The summed E-state index contributed by atoms with van der Waals surface area (Å²) in [6.45, 7) is 11.4. The Morgan fingerprint density at radius 1 is 1.30 bits per heavy atom. The first-order chi connectivity index (χ1) is 9.79. The number of hydrogen-bond donors (Lipinski definition) is 2. The van der Waals surface area contributed by atoms with E-state index in [1.165, 1.54) is 19.4 Å². The van der Waals surface area contributed by atoms with E-state index in [-0.39, 0.29) is 0 Å². The van der Waals surface area contributed by atoms with E-state index in [9.17, 15) is 0 Å². The largest absolute Gasteiger partial charge is 0.379 e. The van der Waals surface area contributed by atoms with Crippen LogP contribution in [0.15, 0.2) is 4.99 Å². The van der Waals surface area contributed by atoms with Crippen molar-refractivity contribution in [2.24, 2.45) is 10.9 Å². The van der Waals surface area contributed by atoms with Gasteiger partial charge in [0.25, 0.3) is 0 Å². The van der Waals surface area contributed by atoms with Gasteiger partial charge in [0.15, 0.2) is 5.96 Å². The summed E-state index contributed by atoms with van der Waals surface area (Å²) in [6.07, 6.45) is 3.67. The summed E-state index contributed by atoms with van der Waals surface area (Å²) < 4.78 is 5.36. The van der Waals surface area contributed by atoms with E-state index < -0.39 is 0 Å². The molecule has 2 rings (SSSR count). The Morgan fingerprint density at radius 2 is 2.05 bits per heavy atom. The number of unbranched alkanes of at least 4 members (excludes halogenated alkanes) is 1. The predicted octanol–water partition coefficient (Wildman–Crippen LogP) is 1.06. The molecule has 0 bridgehead atoms. The van der Waals surface area contributed by atoms with Gasteiger partial charge in [-0.25, -0.2) is 0 Å². The topological polar surface area (TPSA) is 48.9 Å². The summed E-state index contributed by atoms with van der Waals surface area (Å²) in [6, 6.07) is 0.640. The summed E-state index contributed by atoms with van der Waals surface area (Å²) in [5.74, 6) is 1.80. The number of nitrogens with zero attached hydrogens (tertiary/aromatic N) is 2. The standard InChI is InChI=1S/C15H30N4O/c1-3-16-15(18-14-12-13(14)2)17-6-4-5-7-19-8-10-20-11-9-19/h13-14H,3-12H2,1-2H3,(H2,16,17,18). The van der Waals surface area contributed by atoms with Gasteiger partial charge in [-0.05, 0) is 38.6 Å². The molecule has 0 radical (unpaired) electrons. The Balaban J connectivity index is 1.57. The van der Waals surface area contributed by atoms with E-state index in [4.69, 9.17) is 4.74 Å². The minimum absolute atomic E-state index is 0.640. The maximum atomic E-state index is 5.36. The van der Waals surface area contributed by atoms with Gasteiger partial charge in [-0.15, -0.1) is 0 Å². The van der Waals surface area contributed by atoms with Crippen LogP contribution in [0.4, 0.5) is 0 Å². The first kappa shape index (κ1) is 15.6. The smallest absolute Gasteiger partial charge is 0.191 e. The quantitative estimate of drug-likeness (QED) is 0.416. The Hall–Kier alpha value is -0.810. The van der Waals surface area contributed by atoms with Crippen LogP contribution in [-0.2, 0) is 4.74 Å². The second-order valence-electron chi connectivity index (χ2n) is 5.89. The van der Waals surface area contributed by atoms with Gasteiger partial charge in [-0.2, -0.15) is 0 Å². The molecular weight excluding hydrogens is 252 g/mol. The fourth-order valence-corrected chi connectivity index (χ4v) is 2.48. The van der Waals surface area contributed by atoms with Crippen LogP contribution in [0.3, 0.4) is 0 Å². The molecule has 1 saturated heterocycles. The van der Waals surface area contributed by atoms with Gasteiger partial charge >= 0.3 is 0 Å². The van der Waals surface area contributed by atoms with E-state index in [0.29, 0.717) is 6.04 Å². The molecule has 2 fully saturated rings. The van der Waals surface area contributed by atoms with Crippen LogP contribution >= 0.6 is 0 Å². The molecule has 0 amide bonds. The van der Waals surface area contributed by atoms with E-state index >= 15 is 0 Å². The number of hydrogen-bond acceptors (Lipinski definition) is 3. The molecule has 2 unspecified atom stereocenters. The van der Waals surface area contributed by atoms with Crippen LogP contribution in [-0.4, -0.2) is 62.8 Å². The molecule has 116 valence electrons. The first-order valence-corrected chi connectivity index (χ1v) is 8.14. The van der Waals surface area contributed by atoms with Crippen molar-refractivity contribution in [3.63, 3.8) is 0 Å². The van der Waals surface area contributed by atoms with E-state index in [0.717, 1.165) is 57.7 Å². The van der Waals surface area contributed by atoms with Gasteiger partial charge in [-0.1, -0.05) is 6.92 Å². The molecule has 1 heterocycles. The Kier molecular flexibility index (Phi) is 6.60. The number of ether oxygens (including phenoxy) is 1. The zero-order valence-corrected chi connectivity index (χ0v) is 13.0. The summed E-state index contributed by atoms with van der Waals surface area (Å²) in [4.78, 5) is 7.15. The number of morpholine rings is 1. The van der Waals surface area contributed by atoms with Crippen LogP contribution in [0.25, 0.3) is 0 Å². The van der Waals surface area contributed by atoms with Crippen molar-refractivity contribution in [2.45, 2.75) is 39.2 Å². The molecule has 1 saturated carbocycles. The molecule has 2 N–H and O–H groups in total. The Bertz CT molecular complexity index is 302. The van der Waals surface area contributed by atoms with Crippen LogP contribution in [0.1, 0.15) is 33.1 Å². The molecule has 5 heteroatoms. The summed E-state index contributed by atoms with van der Waals surface area (Å²) in [5.41, 5.74) is 0. The lowest BCUT2D eigenvalue weighted by atomic mass is 10.3. The van der Waals surface area contributed by atoms with Crippen molar-refractivity contribution >= 4 is 5.96 Å². The molecule has 20 heavy (non-hydrogen) atoms. The van der Waals surface area contributed by atoms with Gasteiger partial charge in [0.1, 0.15) is 0 Å². The number of nitrogens with one attached hydrogen (secondary N) is 2. The number of rotatable bonds is 7. The predicted molar refractivity (Wildman–Crippen MR) is 83.2 cm³/mol. The maximum Gasteiger partial charge on any atom is 0.191 e.